The normalized spacial score (nSPS) is 23.0. The Morgan fingerprint density at radius 3 is 3.18 bits per heavy atom. The smallest absolute Gasteiger partial charge is 0.311 e. The highest BCUT2D eigenvalue weighted by atomic mass is 35.5. The van der Waals surface area contributed by atoms with Gasteiger partial charge in [0.25, 0.3) is 0 Å². The lowest BCUT2D eigenvalue weighted by molar-refractivity contribution is -0.405. The van der Waals surface area contributed by atoms with E-state index in [0.29, 0.717) is 22.6 Å². The van der Waals surface area contributed by atoms with E-state index in [0.717, 1.165) is 0 Å². The average molecular weight is 249 g/mol. The molecule has 2 heterocycles. The Kier molecular flexibility index (Phi) is 2.19. The van der Waals surface area contributed by atoms with E-state index >= 15 is 0 Å². The summed E-state index contributed by atoms with van der Waals surface area (Å²) in [6.45, 7) is 0. The van der Waals surface area contributed by atoms with Crippen molar-refractivity contribution in [1.82, 2.24) is 4.57 Å². The quantitative estimate of drug-likeness (QED) is 0.521. The molecule has 0 fully saturated rings. The van der Waals surface area contributed by atoms with Crippen LogP contribution in [-0.4, -0.2) is 20.4 Å². The molecule has 1 atom stereocenters. The molecule has 86 valence electrons. The molecule has 0 saturated heterocycles. The Labute approximate surface area is 103 Å². The number of carbonyl (C=O) groups is 1. The first-order valence-corrected chi connectivity index (χ1v) is 5.66. The van der Waals surface area contributed by atoms with E-state index in [1.807, 2.05) is 6.08 Å². The molecule has 1 aliphatic heterocycles. The third-order valence-corrected chi connectivity index (χ3v) is 3.39. The largest absolute Gasteiger partial charge is 0.617 e. The molecule has 3 rings (SSSR count). The van der Waals surface area contributed by atoms with E-state index in [1.165, 1.54) is 4.57 Å². The van der Waals surface area contributed by atoms with E-state index in [4.69, 9.17) is 11.6 Å². The van der Waals surface area contributed by atoms with Crippen molar-refractivity contribution >= 4 is 22.7 Å². The highest BCUT2D eigenvalue weighted by molar-refractivity contribution is 6.68. The fourth-order valence-electron chi connectivity index (χ4n) is 2.18. The fraction of sp³-hybridized carbons (Fsp3) is 0.167. The molecule has 0 bridgehead atoms. The molecule has 17 heavy (non-hydrogen) atoms. The van der Waals surface area contributed by atoms with Crippen LogP contribution in [0.4, 0.5) is 0 Å². The second-order valence-corrected chi connectivity index (χ2v) is 4.35. The predicted octanol–water partition coefficient (Wildman–Crippen LogP) is 2.10. The number of fused-ring (bicyclic) bond motifs is 2. The number of carbonyl (C=O) groups excluding carboxylic acids is 1. The maximum Gasteiger partial charge on any atom is 0.311 e. The maximum atomic E-state index is 12.3. The lowest BCUT2D eigenvalue weighted by Crippen LogP contribution is -2.25. The highest BCUT2D eigenvalue weighted by Gasteiger charge is 2.37. The molecule has 1 aromatic rings. The Morgan fingerprint density at radius 1 is 1.53 bits per heavy atom. The molecular weight excluding hydrogens is 240 g/mol. The zero-order valence-corrected chi connectivity index (χ0v) is 9.59. The number of allylic oxidation sites excluding steroid dienone is 4. The first-order valence-electron chi connectivity index (χ1n) is 5.28. The van der Waals surface area contributed by atoms with Gasteiger partial charge >= 0.3 is 5.17 Å². The molecule has 1 aliphatic carbocycles. The van der Waals surface area contributed by atoms with E-state index in [-0.39, 0.29) is 11.1 Å². The van der Waals surface area contributed by atoms with Crippen LogP contribution in [-0.2, 0) is 0 Å². The van der Waals surface area contributed by atoms with Gasteiger partial charge in [0.15, 0.2) is 0 Å². The number of halogens is 1. The zero-order chi connectivity index (χ0) is 12.0. The molecule has 0 radical (unpaired) electrons. The fourth-order valence-corrected chi connectivity index (χ4v) is 2.43. The molecule has 5 heteroatoms. The Hall–Kier alpha value is -1.81. The van der Waals surface area contributed by atoms with Gasteiger partial charge in [-0.1, -0.05) is 12.2 Å². The molecule has 0 aromatic carbocycles. The Bertz CT molecular complexity index is 595. The summed E-state index contributed by atoms with van der Waals surface area (Å²) < 4.78 is 2.09. The Morgan fingerprint density at radius 2 is 2.35 bits per heavy atom. The number of hydrogen-bond acceptors (Lipinski definition) is 2. The second kappa shape index (κ2) is 3.60. The topological polar surface area (TPSA) is 48.1 Å². The van der Waals surface area contributed by atoms with Crippen molar-refractivity contribution < 1.29 is 9.53 Å². The first kappa shape index (κ1) is 10.4. The molecule has 1 unspecified atom stereocenters. The van der Waals surface area contributed by atoms with Crippen molar-refractivity contribution in [3.05, 3.63) is 53.2 Å². The van der Waals surface area contributed by atoms with Crippen molar-refractivity contribution in [3.63, 3.8) is 0 Å². The minimum Gasteiger partial charge on any atom is -0.617 e. The average Bonchev–Trinajstić information content (AvgIpc) is 2.82. The molecule has 0 saturated carbocycles. The third-order valence-electron chi connectivity index (χ3n) is 3.04. The van der Waals surface area contributed by atoms with Crippen LogP contribution in [0.1, 0.15) is 16.9 Å². The van der Waals surface area contributed by atoms with E-state index in [1.54, 1.807) is 30.5 Å². The summed E-state index contributed by atoms with van der Waals surface area (Å²) in [4.78, 5) is 12.3. The van der Waals surface area contributed by atoms with Crippen LogP contribution in [0.15, 0.2) is 42.3 Å². The van der Waals surface area contributed by atoms with Crippen LogP contribution in [0.3, 0.4) is 0 Å². The molecule has 2 aliphatic rings. The van der Waals surface area contributed by atoms with Gasteiger partial charge in [0.1, 0.15) is 11.6 Å². The summed E-state index contributed by atoms with van der Waals surface area (Å²) in [5, 5.41) is 12.1. The molecule has 0 N–H and O–H groups in total. The van der Waals surface area contributed by atoms with Crippen molar-refractivity contribution in [1.29, 1.82) is 0 Å². The standard InChI is InChI=1S/C12H9ClN2O2/c13-11-10-6-3-7-14(10)12(16)8-4-1-2-5-9(8)15(11)17/h1-3,5-8H,4H2. The van der Waals surface area contributed by atoms with E-state index < -0.39 is 5.92 Å². The van der Waals surface area contributed by atoms with Crippen molar-refractivity contribution in [2.24, 2.45) is 5.92 Å². The van der Waals surface area contributed by atoms with Crippen molar-refractivity contribution in [3.8, 4) is 0 Å². The summed E-state index contributed by atoms with van der Waals surface area (Å²) in [6, 6.07) is 3.37. The first-order chi connectivity index (χ1) is 8.20. The molecule has 0 spiro atoms. The summed E-state index contributed by atoms with van der Waals surface area (Å²) in [6.07, 6.45) is 7.46. The Balaban J connectivity index is 2.28. The van der Waals surface area contributed by atoms with Gasteiger partial charge in [-0.3, -0.25) is 9.36 Å². The minimum atomic E-state index is -0.445. The van der Waals surface area contributed by atoms with Gasteiger partial charge in [-0.15, -0.1) is 0 Å². The summed E-state index contributed by atoms with van der Waals surface area (Å²) in [5.74, 6) is -0.558. The second-order valence-electron chi connectivity index (χ2n) is 3.99. The van der Waals surface area contributed by atoms with Crippen LogP contribution >= 0.6 is 11.6 Å². The third kappa shape index (κ3) is 1.37. The van der Waals surface area contributed by atoms with Crippen LogP contribution < -0.4 is 0 Å². The van der Waals surface area contributed by atoms with Gasteiger partial charge in [0.05, 0.1) is 0 Å². The molecular formula is C12H9ClN2O2. The van der Waals surface area contributed by atoms with Gasteiger partial charge in [0, 0.05) is 12.3 Å². The lowest BCUT2D eigenvalue weighted by atomic mass is 9.96. The monoisotopic (exact) mass is 248 g/mol. The van der Waals surface area contributed by atoms with Gasteiger partial charge in [-0.25, -0.2) is 0 Å². The van der Waals surface area contributed by atoms with Gasteiger partial charge < -0.3 is 5.21 Å². The van der Waals surface area contributed by atoms with E-state index in [9.17, 15) is 10.0 Å². The van der Waals surface area contributed by atoms with Crippen LogP contribution in [0, 0.1) is 11.1 Å². The summed E-state index contributed by atoms with van der Waals surface area (Å²) in [5.41, 5.74) is 0.855. The SMILES string of the molecule is O=C1C2CC=CC=C2[N+]([O-])=C(Cl)c2cccn21. The number of rotatable bonds is 0. The lowest BCUT2D eigenvalue weighted by Gasteiger charge is -2.15. The van der Waals surface area contributed by atoms with Crippen molar-refractivity contribution in [2.75, 3.05) is 0 Å². The zero-order valence-electron chi connectivity index (χ0n) is 8.84. The van der Waals surface area contributed by atoms with Gasteiger partial charge in [-0.2, -0.15) is 4.74 Å². The molecule has 4 nitrogen and oxygen atoms in total. The van der Waals surface area contributed by atoms with Crippen LogP contribution in [0.5, 0.6) is 0 Å². The van der Waals surface area contributed by atoms with Gasteiger partial charge in [0.2, 0.25) is 11.6 Å². The van der Waals surface area contributed by atoms with Crippen LogP contribution in [0.2, 0.25) is 0 Å². The van der Waals surface area contributed by atoms with Crippen LogP contribution in [0.25, 0.3) is 0 Å². The van der Waals surface area contributed by atoms with Crippen molar-refractivity contribution in [2.45, 2.75) is 6.42 Å². The minimum absolute atomic E-state index is 0.0346. The number of hydroxylamine groups is 1. The number of nitrogens with zero attached hydrogens (tertiary/aromatic N) is 2. The molecule has 0 amide bonds. The number of aromatic nitrogens is 1. The summed E-state index contributed by atoms with van der Waals surface area (Å²) >= 11 is 6.02. The van der Waals surface area contributed by atoms with E-state index in [2.05, 4.69) is 0 Å². The summed E-state index contributed by atoms with van der Waals surface area (Å²) in [7, 11) is 0. The predicted molar refractivity (Wildman–Crippen MR) is 64.0 cm³/mol. The highest BCUT2D eigenvalue weighted by Crippen LogP contribution is 2.28. The maximum absolute atomic E-state index is 12.3. The van der Waals surface area contributed by atoms with Gasteiger partial charge in [-0.05, 0) is 30.2 Å². The number of hydrogen-bond donors (Lipinski definition) is 0. The molecule has 1 aromatic heterocycles.